The minimum Gasteiger partial charge on any atom is -0.389 e. The minimum absolute atomic E-state index is 0.213. The van der Waals surface area contributed by atoms with E-state index in [1.165, 1.54) is 11.6 Å². The Kier molecular flexibility index (Phi) is 3.18. The number of fused-ring (bicyclic) bond motifs is 1. The molecule has 0 amide bonds. The molecule has 2 nitrogen and oxygen atoms in total. The SMILES string of the molecule is CC1Cc2ccccc2N1c1ccc(C(N)=S)cc1F. The van der Waals surface area contributed by atoms with Gasteiger partial charge in [0.05, 0.1) is 5.69 Å². The maximum atomic E-state index is 14.4. The number of hydrogen-bond donors (Lipinski definition) is 1. The zero-order valence-electron chi connectivity index (χ0n) is 11.1. The van der Waals surface area contributed by atoms with Crippen molar-refractivity contribution in [1.82, 2.24) is 0 Å². The van der Waals surface area contributed by atoms with E-state index in [1.54, 1.807) is 12.1 Å². The van der Waals surface area contributed by atoms with Gasteiger partial charge in [0.1, 0.15) is 10.8 Å². The van der Waals surface area contributed by atoms with Crippen LogP contribution in [0.4, 0.5) is 15.8 Å². The number of halogens is 1. The molecule has 0 fully saturated rings. The van der Waals surface area contributed by atoms with E-state index in [4.69, 9.17) is 18.0 Å². The monoisotopic (exact) mass is 286 g/mol. The second-order valence-electron chi connectivity index (χ2n) is 5.08. The van der Waals surface area contributed by atoms with Crippen molar-refractivity contribution in [1.29, 1.82) is 0 Å². The lowest BCUT2D eigenvalue weighted by Gasteiger charge is -2.25. The first-order chi connectivity index (χ1) is 9.58. The van der Waals surface area contributed by atoms with Gasteiger partial charge in [-0.2, -0.15) is 0 Å². The summed E-state index contributed by atoms with van der Waals surface area (Å²) >= 11 is 4.88. The molecule has 0 saturated carbocycles. The summed E-state index contributed by atoms with van der Waals surface area (Å²) in [6.07, 6.45) is 0.923. The molecular formula is C16H15FN2S. The highest BCUT2D eigenvalue weighted by Gasteiger charge is 2.28. The van der Waals surface area contributed by atoms with Crippen molar-refractivity contribution < 1.29 is 4.39 Å². The van der Waals surface area contributed by atoms with E-state index in [0.717, 1.165) is 12.1 Å². The molecule has 2 aromatic rings. The van der Waals surface area contributed by atoms with E-state index in [0.29, 0.717) is 11.3 Å². The van der Waals surface area contributed by atoms with Crippen LogP contribution in [-0.4, -0.2) is 11.0 Å². The third kappa shape index (κ3) is 2.06. The Balaban J connectivity index is 2.07. The number of hydrogen-bond acceptors (Lipinski definition) is 2. The average molecular weight is 286 g/mol. The molecule has 1 aliphatic heterocycles. The molecule has 1 atom stereocenters. The smallest absolute Gasteiger partial charge is 0.147 e. The molecular weight excluding hydrogens is 271 g/mol. The van der Waals surface area contributed by atoms with Crippen molar-refractivity contribution in [3.8, 4) is 0 Å². The summed E-state index contributed by atoms with van der Waals surface area (Å²) in [4.78, 5) is 2.25. The van der Waals surface area contributed by atoms with Gasteiger partial charge >= 0.3 is 0 Å². The quantitative estimate of drug-likeness (QED) is 0.856. The molecule has 0 bridgehead atoms. The Bertz CT molecular complexity index is 684. The summed E-state index contributed by atoms with van der Waals surface area (Å²) < 4.78 is 14.4. The summed E-state index contributed by atoms with van der Waals surface area (Å²) in [6.45, 7) is 2.10. The first kappa shape index (κ1) is 13.1. The molecule has 3 rings (SSSR count). The number of anilines is 2. The van der Waals surface area contributed by atoms with Crippen LogP contribution in [-0.2, 0) is 6.42 Å². The topological polar surface area (TPSA) is 29.3 Å². The third-order valence-corrected chi connectivity index (χ3v) is 3.93. The standard InChI is InChI=1S/C16H15FN2S/c1-10-8-11-4-2-3-5-14(11)19(10)15-7-6-12(16(18)20)9-13(15)17/h2-7,9-10H,8H2,1H3,(H2,18,20). The molecule has 1 aliphatic rings. The lowest BCUT2D eigenvalue weighted by molar-refractivity contribution is 0.618. The highest BCUT2D eigenvalue weighted by atomic mass is 32.1. The number of benzene rings is 2. The lowest BCUT2D eigenvalue weighted by atomic mass is 10.1. The Morgan fingerprint density at radius 3 is 2.70 bits per heavy atom. The number of nitrogens with zero attached hydrogens (tertiary/aromatic N) is 1. The maximum Gasteiger partial charge on any atom is 0.147 e. The van der Waals surface area contributed by atoms with E-state index in [1.807, 2.05) is 23.1 Å². The maximum absolute atomic E-state index is 14.4. The summed E-state index contributed by atoms with van der Waals surface area (Å²) in [6, 6.07) is 13.3. The zero-order valence-corrected chi connectivity index (χ0v) is 12.0. The van der Waals surface area contributed by atoms with Crippen LogP contribution in [0.5, 0.6) is 0 Å². The molecule has 0 aromatic heterocycles. The number of thiocarbonyl (C=S) groups is 1. The first-order valence-corrected chi connectivity index (χ1v) is 6.95. The zero-order chi connectivity index (χ0) is 14.3. The molecule has 1 heterocycles. The molecule has 102 valence electrons. The lowest BCUT2D eigenvalue weighted by Crippen LogP contribution is -2.25. The Morgan fingerprint density at radius 2 is 2.00 bits per heavy atom. The van der Waals surface area contributed by atoms with Crippen molar-refractivity contribution in [3.63, 3.8) is 0 Å². The van der Waals surface area contributed by atoms with Gasteiger partial charge in [0, 0.05) is 17.3 Å². The predicted molar refractivity (Wildman–Crippen MR) is 84.0 cm³/mol. The van der Waals surface area contributed by atoms with Crippen LogP contribution in [0, 0.1) is 5.82 Å². The molecule has 0 aliphatic carbocycles. The van der Waals surface area contributed by atoms with E-state index in [2.05, 4.69) is 13.0 Å². The highest BCUT2D eigenvalue weighted by Crippen LogP contribution is 2.39. The second-order valence-corrected chi connectivity index (χ2v) is 5.52. The molecule has 0 saturated heterocycles. The molecule has 0 spiro atoms. The predicted octanol–water partition coefficient (Wildman–Crippen LogP) is 3.54. The summed E-state index contributed by atoms with van der Waals surface area (Å²) in [7, 11) is 0. The summed E-state index contributed by atoms with van der Waals surface area (Å²) in [5.41, 5.74) is 8.99. The van der Waals surface area contributed by atoms with E-state index in [9.17, 15) is 4.39 Å². The van der Waals surface area contributed by atoms with E-state index in [-0.39, 0.29) is 16.8 Å². The minimum atomic E-state index is -0.293. The van der Waals surface area contributed by atoms with Crippen LogP contribution in [0.15, 0.2) is 42.5 Å². The van der Waals surface area contributed by atoms with E-state index >= 15 is 0 Å². The van der Waals surface area contributed by atoms with Crippen LogP contribution in [0.2, 0.25) is 0 Å². The number of nitrogens with two attached hydrogens (primary N) is 1. The van der Waals surface area contributed by atoms with Gasteiger partial charge < -0.3 is 10.6 Å². The molecule has 0 radical (unpaired) electrons. The van der Waals surface area contributed by atoms with Crippen molar-refractivity contribution in [2.24, 2.45) is 5.73 Å². The van der Waals surface area contributed by atoms with Crippen LogP contribution in [0.3, 0.4) is 0 Å². The van der Waals surface area contributed by atoms with Crippen molar-refractivity contribution in [2.45, 2.75) is 19.4 Å². The first-order valence-electron chi connectivity index (χ1n) is 6.54. The summed E-state index contributed by atoms with van der Waals surface area (Å²) in [5, 5.41) is 0. The van der Waals surface area contributed by atoms with Gasteiger partial charge in [-0.05, 0) is 43.2 Å². The largest absolute Gasteiger partial charge is 0.389 e. The third-order valence-electron chi connectivity index (χ3n) is 3.70. The Morgan fingerprint density at radius 1 is 1.25 bits per heavy atom. The second kappa shape index (κ2) is 4.87. The molecule has 2 aromatic carbocycles. The van der Waals surface area contributed by atoms with Crippen molar-refractivity contribution >= 4 is 28.6 Å². The van der Waals surface area contributed by atoms with Gasteiger partial charge in [0.15, 0.2) is 0 Å². The van der Waals surface area contributed by atoms with Gasteiger partial charge in [-0.25, -0.2) is 4.39 Å². The Labute approximate surface area is 123 Å². The fourth-order valence-electron chi connectivity index (χ4n) is 2.79. The van der Waals surface area contributed by atoms with Gasteiger partial charge in [0.2, 0.25) is 0 Å². The molecule has 1 unspecified atom stereocenters. The Hall–Kier alpha value is -1.94. The fraction of sp³-hybridized carbons (Fsp3) is 0.188. The molecule has 20 heavy (non-hydrogen) atoms. The normalized spacial score (nSPS) is 17.1. The van der Waals surface area contributed by atoms with Crippen molar-refractivity contribution in [3.05, 3.63) is 59.4 Å². The fourth-order valence-corrected chi connectivity index (χ4v) is 2.92. The van der Waals surface area contributed by atoms with Crippen LogP contribution >= 0.6 is 12.2 Å². The summed E-state index contributed by atoms with van der Waals surface area (Å²) in [5.74, 6) is -0.293. The van der Waals surface area contributed by atoms with Gasteiger partial charge in [0.25, 0.3) is 0 Å². The van der Waals surface area contributed by atoms with Gasteiger partial charge in [-0.1, -0.05) is 30.4 Å². The van der Waals surface area contributed by atoms with Gasteiger partial charge in [-0.15, -0.1) is 0 Å². The highest BCUT2D eigenvalue weighted by molar-refractivity contribution is 7.80. The van der Waals surface area contributed by atoms with Crippen LogP contribution in [0.1, 0.15) is 18.1 Å². The molecule has 2 N–H and O–H groups in total. The van der Waals surface area contributed by atoms with Crippen LogP contribution in [0.25, 0.3) is 0 Å². The number of rotatable bonds is 2. The van der Waals surface area contributed by atoms with E-state index < -0.39 is 0 Å². The molecule has 4 heteroatoms. The average Bonchev–Trinajstić information content (AvgIpc) is 2.74. The van der Waals surface area contributed by atoms with Crippen molar-refractivity contribution in [2.75, 3.05) is 4.90 Å². The number of para-hydroxylation sites is 1. The van der Waals surface area contributed by atoms with Gasteiger partial charge in [-0.3, -0.25) is 0 Å². The van der Waals surface area contributed by atoms with Crippen LogP contribution < -0.4 is 10.6 Å².